The molecule has 2 aromatic heterocycles. The number of carbonyl (C=O) groups is 2. The van der Waals surface area contributed by atoms with Gasteiger partial charge in [-0.1, -0.05) is 36.8 Å². The second-order valence-electron chi connectivity index (χ2n) is 8.79. The summed E-state index contributed by atoms with van der Waals surface area (Å²) in [6.45, 7) is 4.35. The van der Waals surface area contributed by atoms with Crippen LogP contribution in [0.3, 0.4) is 0 Å². The monoisotopic (exact) mass is 454 g/mol. The topological polar surface area (TPSA) is 84.0 Å². The minimum Gasteiger partial charge on any atom is -0.467 e. The maximum atomic E-state index is 14.3. The Kier molecular flexibility index (Phi) is 4.33. The molecule has 0 bridgehead atoms. The SMILES string of the molecule is CCCN1C(=O)C2(c3ccccc31)c1c(oc3ccc(C)cc3c1=O)C(=O)N2Cc1ccco1. The van der Waals surface area contributed by atoms with Gasteiger partial charge in [0.15, 0.2) is 11.0 Å². The van der Waals surface area contributed by atoms with Crippen molar-refractivity contribution in [2.45, 2.75) is 32.4 Å². The largest absolute Gasteiger partial charge is 0.467 e. The number of para-hydroxylation sites is 1. The molecule has 1 spiro atoms. The van der Waals surface area contributed by atoms with Crippen LogP contribution in [-0.2, 0) is 16.9 Å². The van der Waals surface area contributed by atoms with Gasteiger partial charge in [-0.3, -0.25) is 14.4 Å². The highest BCUT2D eigenvalue weighted by molar-refractivity contribution is 6.17. The van der Waals surface area contributed by atoms with E-state index in [0.717, 1.165) is 12.0 Å². The maximum Gasteiger partial charge on any atom is 0.291 e. The molecule has 170 valence electrons. The fraction of sp³-hybridized carbons (Fsp3) is 0.222. The number of furan rings is 1. The molecule has 0 fully saturated rings. The van der Waals surface area contributed by atoms with E-state index < -0.39 is 11.4 Å². The van der Waals surface area contributed by atoms with Crippen LogP contribution < -0.4 is 10.3 Å². The Morgan fingerprint density at radius 1 is 1.00 bits per heavy atom. The molecule has 2 aliphatic rings. The predicted octanol–water partition coefficient (Wildman–Crippen LogP) is 4.35. The number of rotatable bonds is 4. The van der Waals surface area contributed by atoms with Crippen molar-refractivity contribution in [3.63, 3.8) is 0 Å². The van der Waals surface area contributed by atoms with Crippen molar-refractivity contribution in [1.29, 1.82) is 0 Å². The number of hydrogen-bond acceptors (Lipinski definition) is 5. The van der Waals surface area contributed by atoms with Gasteiger partial charge in [-0.2, -0.15) is 0 Å². The Hall–Kier alpha value is -4.13. The Morgan fingerprint density at radius 3 is 2.59 bits per heavy atom. The summed E-state index contributed by atoms with van der Waals surface area (Å²) in [4.78, 5) is 45.3. The van der Waals surface area contributed by atoms with Crippen molar-refractivity contribution in [1.82, 2.24) is 4.90 Å². The van der Waals surface area contributed by atoms with E-state index in [9.17, 15) is 14.4 Å². The van der Waals surface area contributed by atoms with Crippen LogP contribution >= 0.6 is 0 Å². The van der Waals surface area contributed by atoms with E-state index in [1.54, 1.807) is 29.2 Å². The van der Waals surface area contributed by atoms with Crippen molar-refractivity contribution < 1.29 is 18.4 Å². The van der Waals surface area contributed by atoms with Gasteiger partial charge in [-0.25, -0.2) is 0 Å². The second-order valence-corrected chi connectivity index (χ2v) is 8.79. The first-order chi connectivity index (χ1) is 16.5. The van der Waals surface area contributed by atoms with Crippen LogP contribution in [0.1, 0.15) is 46.3 Å². The Bertz CT molecular complexity index is 1530. The molecule has 0 aliphatic carbocycles. The van der Waals surface area contributed by atoms with E-state index in [1.165, 1.54) is 11.2 Å². The summed E-state index contributed by atoms with van der Waals surface area (Å²) in [5.41, 5.74) is 0.603. The van der Waals surface area contributed by atoms with Crippen molar-refractivity contribution in [3.8, 4) is 0 Å². The third kappa shape index (κ3) is 2.49. The van der Waals surface area contributed by atoms with Gasteiger partial charge >= 0.3 is 0 Å². The summed E-state index contributed by atoms with van der Waals surface area (Å²) in [6, 6.07) is 16.1. The van der Waals surface area contributed by atoms with Crippen molar-refractivity contribution in [2.75, 3.05) is 11.4 Å². The van der Waals surface area contributed by atoms with Crippen molar-refractivity contribution in [2.24, 2.45) is 0 Å². The van der Waals surface area contributed by atoms with E-state index in [1.807, 2.05) is 44.2 Å². The Morgan fingerprint density at radius 2 is 1.82 bits per heavy atom. The number of hydrogen-bond donors (Lipinski definition) is 0. The number of aryl methyl sites for hydroxylation is 1. The smallest absolute Gasteiger partial charge is 0.291 e. The molecule has 0 radical (unpaired) electrons. The van der Waals surface area contributed by atoms with Crippen LogP contribution in [0.25, 0.3) is 11.0 Å². The van der Waals surface area contributed by atoms with Crippen LogP contribution in [0.4, 0.5) is 5.69 Å². The van der Waals surface area contributed by atoms with Gasteiger partial charge in [0.25, 0.3) is 11.8 Å². The lowest BCUT2D eigenvalue weighted by molar-refractivity contribution is -0.126. The molecule has 4 heterocycles. The highest BCUT2D eigenvalue weighted by Crippen LogP contribution is 2.53. The lowest BCUT2D eigenvalue weighted by Gasteiger charge is -2.33. The number of benzene rings is 2. The molecule has 2 amide bonds. The van der Waals surface area contributed by atoms with Gasteiger partial charge in [0.2, 0.25) is 5.76 Å². The number of anilines is 1. The van der Waals surface area contributed by atoms with E-state index in [-0.39, 0.29) is 29.2 Å². The van der Waals surface area contributed by atoms with Crippen LogP contribution in [0, 0.1) is 6.92 Å². The molecule has 1 atom stereocenters. The summed E-state index contributed by atoms with van der Waals surface area (Å²) in [7, 11) is 0. The van der Waals surface area contributed by atoms with Crippen LogP contribution in [0.2, 0.25) is 0 Å². The molecule has 34 heavy (non-hydrogen) atoms. The first kappa shape index (κ1) is 20.5. The average Bonchev–Trinajstić information content (AvgIpc) is 3.50. The molecule has 7 nitrogen and oxygen atoms in total. The molecule has 0 saturated heterocycles. The number of fused-ring (bicyclic) bond motifs is 5. The first-order valence-electron chi connectivity index (χ1n) is 11.3. The summed E-state index contributed by atoms with van der Waals surface area (Å²) in [5.74, 6) is -0.414. The maximum absolute atomic E-state index is 14.3. The summed E-state index contributed by atoms with van der Waals surface area (Å²) in [6.07, 6.45) is 2.24. The Balaban J connectivity index is 1.72. The zero-order valence-corrected chi connectivity index (χ0v) is 18.8. The Labute approximate surface area is 195 Å². The van der Waals surface area contributed by atoms with Gasteiger partial charge in [-0.15, -0.1) is 0 Å². The third-order valence-corrected chi connectivity index (χ3v) is 6.73. The summed E-state index contributed by atoms with van der Waals surface area (Å²) in [5, 5.41) is 0.352. The second kappa shape index (κ2) is 7.18. The summed E-state index contributed by atoms with van der Waals surface area (Å²) < 4.78 is 11.6. The van der Waals surface area contributed by atoms with Gasteiger partial charge in [0.05, 0.1) is 29.4 Å². The average molecular weight is 454 g/mol. The number of carbonyl (C=O) groups excluding carboxylic acids is 2. The molecular weight excluding hydrogens is 432 g/mol. The molecule has 2 aromatic carbocycles. The quantitative estimate of drug-likeness (QED) is 0.458. The lowest BCUT2D eigenvalue weighted by atomic mass is 9.84. The third-order valence-electron chi connectivity index (χ3n) is 6.73. The molecule has 6 rings (SSSR count). The normalized spacial score (nSPS) is 18.9. The summed E-state index contributed by atoms with van der Waals surface area (Å²) >= 11 is 0. The molecule has 7 heteroatoms. The standard InChI is InChI=1S/C27H22N2O5/c1-3-12-28-20-9-5-4-8-19(20)27(26(28)32)22-23(30)18-14-16(2)10-11-21(18)34-24(22)25(31)29(27)15-17-7-6-13-33-17/h4-11,13-14H,3,12,15H2,1-2H3. The van der Waals surface area contributed by atoms with Crippen molar-refractivity contribution >= 4 is 28.5 Å². The molecule has 1 unspecified atom stereocenters. The molecule has 0 N–H and O–H groups in total. The van der Waals surface area contributed by atoms with E-state index in [4.69, 9.17) is 8.83 Å². The zero-order chi connectivity index (χ0) is 23.6. The van der Waals surface area contributed by atoms with Gasteiger partial charge in [0, 0.05) is 12.1 Å². The minimum atomic E-state index is -1.62. The first-order valence-corrected chi connectivity index (χ1v) is 11.3. The van der Waals surface area contributed by atoms with Crippen molar-refractivity contribution in [3.05, 3.63) is 99.3 Å². The van der Waals surface area contributed by atoms with Gasteiger partial charge in [0.1, 0.15) is 11.3 Å². The van der Waals surface area contributed by atoms with Gasteiger partial charge < -0.3 is 18.6 Å². The highest BCUT2D eigenvalue weighted by atomic mass is 16.4. The predicted molar refractivity (Wildman–Crippen MR) is 126 cm³/mol. The van der Waals surface area contributed by atoms with E-state index in [0.29, 0.717) is 34.5 Å². The van der Waals surface area contributed by atoms with Gasteiger partial charge in [-0.05, 0) is 43.7 Å². The van der Waals surface area contributed by atoms with Crippen LogP contribution in [0.5, 0.6) is 0 Å². The highest BCUT2D eigenvalue weighted by Gasteiger charge is 2.65. The van der Waals surface area contributed by atoms with E-state index in [2.05, 4.69) is 0 Å². The minimum absolute atomic E-state index is 0.0187. The van der Waals surface area contributed by atoms with E-state index >= 15 is 0 Å². The molecule has 2 aliphatic heterocycles. The number of nitrogens with zero attached hydrogens (tertiary/aromatic N) is 2. The van der Waals surface area contributed by atoms with Crippen LogP contribution in [0.15, 0.2) is 74.5 Å². The molecule has 0 saturated carbocycles. The fourth-order valence-electron chi connectivity index (χ4n) is 5.33. The fourth-order valence-corrected chi connectivity index (χ4v) is 5.33. The molecular formula is C27H22N2O5. The number of amides is 2. The molecule has 4 aromatic rings. The lowest BCUT2D eigenvalue weighted by Crippen LogP contribution is -2.53. The van der Waals surface area contributed by atoms with Crippen LogP contribution in [-0.4, -0.2) is 23.3 Å². The zero-order valence-electron chi connectivity index (χ0n) is 18.8.